The molecular formula is C22H25N3O5. The van der Waals surface area contributed by atoms with Crippen LogP contribution >= 0.6 is 0 Å². The molecule has 2 heterocycles. The number of hydrogen-bond donors (Lipinski definition) is 1. The van der Waals surface area contributed by atoms with E-state index in [1.165, 1.54) is 26.9 Å². The summed E-state index contributed by atoms with van der Waals surface area (Å²) in [5, 5.41) is 2.77. The molecule has 8 heteroatoms. The minimum Gasteiger partial charge on any atom is -0.493 e. The number of methoxy groups -OCH3 is 1. The van der Waals surface area contributed by atoms with Gasteiger partial charge in [0.15, 0.2) is 11.3 Å². The maximum absolute atomic E-state index is 11.1. The van der Waals surface area contributed by atoms with Crippen LogP contribution in [0.1, 0.15) is 26.7 Å². The van der Waals surface area contributed by atoms with Crippen molar-refractivity contribution < 1.29 is 23.4 Å². The van der Waals surface area contributed by atoms with Gasteiger partial charge in [0.1, 0.15) is 23.6 Å². The summed E-state index contributed by atoms with van der Waals surface area (Å²) in [5.41, 5.74) is 1.91. The van der Waals surface area contributed by atoms with Crippen molar-refractivity contribution in [3.8, 4) is 29.0 Å². The van der Waals surface area contributed by atoms with Crippen LogP contribution in [-0.4, -0.2) is 42.2 Å². The summed E-state index contributed by atoms with van der Waals surface area (Å²) in [6.07, 6.45) is 2.49. The van der Waals surface area contributed by atoms with Crippen molar-refractivity contribution in [1.29, 1.82) is 0 Å². The fourth-order valence-corrected chi connectivity index (χ4v) is 3.01. The standard InChI is InChI=1S/C22H25N3O5/c1-13(23-14(2)26)11-29-19-9-8-18(25-22(19)27-3)21-24-17-7-6-16(10-20(17)30-21)28-12-15-4-5-15/h6-10,13,15H,4-5,11-12H2,1-3H3,(H,23,26)/t13-/m0/s1. The van der Waals surface area contributed by atoms with E-state index < -0.39 is 0 Å². The zero-order valence-electron chi connectivity index (χ0n) is 17.3. The lowest BCUT2D eigenvalue weighted by atomic mass is 10.3. The predicted molar refractivity (Wildman–Crippen MR) is 111 cm³/mol. The van der Waals surface area contributed by atoms with Crippen LogP contribution in [-0.2, 0) is 4.79 Å². The molecule has 3 aromatic rings. The highest BCUT2D eigenvalue weighted by Crippen LogP contribution is 2.32. The van der Waals surface area contributed by atoms with Gasteiger partial charge in [-0.15, -0.1) is 0 Å². The van der Waals surface area contributed by atoms with E-state index in [0.717, 1.165) is 17.9 Å². The van der Waals surface area contributed by atoms with E-state index in [9.17, 15) is 4.79 Å². The molecule has 1 aliphatic carbocycles. The van der Waals surface area contributed by atoms with Gasteiger partial charge >= 0.3 is 0 Å². The number of aromatic nitrogens is 2. The second-order valence-corrected chi connectivity index (χ2v) is 7.52. The van der Waals surface area contributed by atoms with Gasteiger partial charge in [0.25, 0.3) is 5.88 Å². The molecule has 1 amide bonds. The fraction of sp³-hybridized carbons (Fsp3) is 0.409. The molecule has 4 rings (SSSR count). The van der Waals surface area contributed by atoms with E-state index in [1.54, 1.807) is 12.1 Å². The molecular weight excluding hydrogens is 386 g/mol. The molecule has 158 valence electrons. The monoisotopic (exact) mass is 411 g/mol. The van der Waals surface area contributed by atoms with Crippen molar-refractivity contribution in [1.82, 2.24) is 15.3 Å². The maximum atomic E-state index is 11.1. The van der Waals surface area contributed by atoms with E-state index >= 15 is 0 Å². The highest BCUT2D eigenvalue weighted by molar-refractivity contribution is 5.77. The number of benzene rings is 1. The van der Waals surface area contributed by atoms with Crippen LogP contribution in [0.2, 0.25) is 0 Å². The Hall–Kier alpha value is -3.29. The van der Waals surface area contributed by atoms with Crippen LogP contribution in [0.5, 0.6) is 17.4 Å². The average molecular weight is 411 g/mol. The van der Waals surface area contributed by atoms with Gasteiger partial charge in [-0.3, -0.25) is 4.79 Å². The van der Waals surface area contributed by atoms with Crippen molar-refractivity contribution in [3.05, 3.63) is 30.3 Å². The third-order valence-electron chi connectivity index (χ3n) is 4.72. The smallest absolute Gasteiger partial charge is 0.257 e. The number of carbonyl (C=O) groups is 1. The summed E-state index contributed by atoms with van der Waals surface area (Å²) in [6.45, 7) is 4.36. The Kier molecular flexibility index (Phi) is 5.74. The van der Waals surface area contributed by atoms with Crippen molar-refractivity contribution in [2.75, 3.05) is 20.3 Å². The van der Waals surface area contributed by atoms with Gasteiger partial charge in [-0.2, -0.15) is 0 Å². The molecule has 0 radical (unpaired) electrons. The number of oxazole rings is 1. The third kappa shape index (κ3) is 4.82. The van der Waals surface area contributed by atoms with E-state index in [4.69, 9.17) is 18.6 Å². The number of ether oxygens (including phenoxy) is 3. The first-order valence-corrected chi connectivity index (χ1v) is 10.0. The van der Waals surface area contributed by atoms with Crippen LogP contribution in [0, 0.1) is 5.92 Å². The lowest BCUT2D eigenvalue weighted by Gasteiger charge is -2.15. The second kappa shape index (κ2) is 8.61. The van der Waals surface area contributed by atoms with E-state index in [0.29, 0.717) is 41.3 Å². The maximum Gasteiger partial charge on any atom is 0.257 e. The summed E-state index contributed by atoms with van der Waals surface area (Å²) >= 11 is 0. The third-order valence-corrected chi connectivity index (χ3v) is 4.72. The van der Waals surface area contributed by atoms with Crippen LogP contribution in [0.4, 0.5) is 0 Å². The van der Waals surface area contributed by atoms with E-state index in [-0.39, 0.29) is 11.9 Å². The molecule has 2 aromatic heterocycles. The van der Waals surface area contributed by atoms with Crippen LogP contribution in [0.15, 0.2) is 34.7 Å². The van der Waals surface area contributed by atoms with Gasteiger partial charge in [-0.1, -0.05) is 0 Å². The number of amides is 1. The largest absolute Gasteiger partial charge is 0.493 e. The van der Waals surface area contributed by atoms with Crippen LogP contribution < -0.4 is 19.5 Å². The summed E-state index contributed by atoms with van der Waals surface area (Å²) in [5.74, 6) is 2.54. The average Bonchev–Trinajstić information content (AvgIpc) is 3.46. The molecule has 1 N–H and O–H groups in total. The molecule has 1 fully saturated rings. The van der Waals surface area contributed by atoms with Crippen molar-refractivity contribution in [2.45, 2.75) is 32.7 Å². The van der Waals surface area contributed by atoms with Crippen molar-refractivity contribution >= 4 is 17.0 Å². The number of nitrogens with zero attached hydrogens (tertiary/aromatic N) is 2. The van der Waals surface area contributed by atoms with Crippen LogP contribution in [0.3, 0.4) is 0 Å². The van der Waals surface area contributed by atoms with E-state index in [1.807, 2.05) is 25.1 Å². The van der Waals surface area contributed by atoms with Gasteiger partial charge in [-0.25, -0.2) is 9.97 Å². The second-order valence-electron chi connectivity index (χ2n) is 7.52. The number of fused-ring (bicyclic) bond motifs is 1. The SMILES string of the molecule is COc1nc(-c2nc3ccc(OCC4CC4)cc3o2)ccc1OC[C@H](C)NC(C)=O. The number of nitrogens with one attached hydrogen (secondary N) is 1. The fourth-order valence-electron chi connectivity index (χ4n) is 3.01. The summed E-state index contributed by atoms with van der Waals surface area (Å²) in [6, 6.07) is 9.00. The molecule has 0 bridgehead atoms. The van der Waals surface area contributed by atoms with Crippen LogP contribution in [0.25, 0.3) is 22.7 Å². The number of rotatable bonds is 9. The van der Waals surface area contributed by atoms with Gasteiger partial charge in [-0.05, 0) is 49.9 Å². The lowest BCUT2D eigenvalue weighted by Crippen LogP contribution is -2.35. The zero-order valence-corrected chi connectivity index (χ0v) is 17.3. The summed E-state index contributed by atoms with van der Waals surface area (Å²) in [7, 11) is 1.52. The van der Waals surface area contributed by atoms with Crippen molar-refractivity contribution in [3.63, 3.8) is 0 Å². The Morgan fingerprint density at radius 2 is 2.07 bits per heavy atom. The molecule has 8 nitrogen and oxygen atoms in total. The zero-order chi connectivity index (χ0) is 21.1. The first-order valence-electron chi connectivity index (χ1n) is 10.0. The first-order chi connectivity index (χ1) is 14.5. The highest BCUT2D eigenvalue weighted by Gasteiger charge is 2.22. The Labute approximate surface area is 174 Å². The topological polar surface area (TPSA) is 95.7 Å². The number of carbonyl (C=O) groups excluding carboxylic acids is 1. The van der Waals surface area contributed by atoms with E-state index in [2.05, 4.69) is 15.3 Å². The van der Waals surface area contributed by atoms with Gasteiger partial charge in [0.05, 0.1) is 19.8 Å². The minimum absolute atomic E-state index is 0.108. The quantitative estimate of drug-likeness (QED) is 0.575. The van der Waals surface area contributed by atoms with Crippen molar-refractivity contribution in [2.24, 2.45) is 5.92 Å². The Balaban J connectivity index is 1.49. The van der Waals surface area contributed by atoms with Gasteiger partial charge in [0.2, 0.25) is 11.8 Å². The molecule has 1 atom stereocenters. The Morgan fingerprint density at radius 3 is 2.80 bits per heavy atom. The Morgan fingerprint density at radius 1 is 1.23 bits per heavy atom. The first kappa shape index (κ1) is 20.0. The molecule has 0 unspecified atom stereocenters. The molecule has 0 spiro atoms. The summed E-state index contributed by atoms with van der Waals surface area (Å²) < 4.78 is 22.8. The molecule has 1 saturated carbocycles. The lowest BCUT2D eigenvalue weighted by molar-refractivity contribution is -0.119. The summed E-state index contributed by atoms with van der Waals surface area (Å²) in [4.78, 5) is 20.1. The number of hydrogen-bond acceptors (Lipinski definition) is 7. The van der Waals surface area contributed by atoms with Gasteiger partial charge < -0.3 is 23.9 Å². The molecule has 1 aliphatic rings. The predicted octanol–water partition coefficient (Wildman–Crippen LogP) is 3.59. The normalized spacial score (nSPS) is 14.4. The minimum atomic E-state index is -0.139. The number of pyridine rings is 1. The molecule has 0 aliphatic heterocycles. The van der Waals surface area contributed by atoms with Gasteiger partial charge in [0, 0.05) is 13.0 Å². The molecule has 30 heavy (non-hydrogen) atoms. The highest BCUT2D eigenvalue weighted by atomic mass is 16.5. The molecule has 1 aromatic carbocycles. The molecule has 0 saturated heterocycles. The Bertz CT molecular complexity index is 1040.